The molecule has 0 radical (unpaired) electrons. The lowest BCUT2D eigenvalue weighted by Gasteiger charge is -2.18. The van der Waals surface area contributed by atoms with Crippen molar-refractivity contribution in [3.63, 3.8) is 0 Å². The fourth-order valence-corrected chi connectivity index (χ4v) is 2.75. The molecule has 0 aliphatic rings. The molecule has 0 atom stereocenters. The quantitative estimate of drug-likeness (QED) is 0.701. The van der Waals surface area contributed by atoms with E-state index in [0.29, 0.717) is 4.57 Å². The number of amides is 1. The molecule has 142 valence electrons. The molecule has 0 saturated heterocycles. The van der Waals surface area contributed by atoms with Gasteiger partial charge in [-0.3, -0.25) is 24.0 Å². The maximum absolute atomic E-state index is 12.8. The summed E-state index contributed by atoms with van der Waals surface area (Å²) in [7, 11) is 1.46. The number of halogens is 2. The summed E-state index contributed by atoms with van der Waals surface area (Å²) in [4.78, 5) is 41.8. The van der Waals surface area contributed by atoms with Crippen LogP contribution in [0.3, 0.4) is 0 Å². The number of hydrogen-bond acceptors (Lipinski definition) is 4. The summed E-state index contributed by atoms with van der Waals surface area (Å²) in [6.07, 6.45) is 2.29. The number of alkyl halides is 2. The number of rotatable bonds is 6. The Balaban J connectivity index is 1.71. The molecule has 1 amide bonds. The Morgan fingerprint density at radius 3 is 2.67 bits per heavy atom. The zero-order valence-corrected chi connectivity index (χ0v) is 14.4. The van der Waals surface area contributed by atoms with E-state index in [2.05, 4.69) is 10.1 Å². The lowest BCUT2D eigenvalue weighted by Crippen LogP contribution is -2.33. The highest BCUT2D eigenvalue weighted by atomic mass is 19.3. The van der Waals surface area contributed by atoms with Crippen LogP contribution >= 0.6 is 0 Å². The number of nitrogens with zero attached hydrogens (tertiary/aromatic N) is 4. The Morgan fingerprint density at radius 2 is 1.96 bits per heavy atom. The SMILES string of the molecule is CN(Cc1nccn1C(F)F)C(=O)CCn1[nH]c(=O)c2ccccc2c1=O. The predicted octanol–water partition coefficient (Wildman–Crippen LogP) is 1.33. The van der Waals surface area contributed by atoms with E-state index in [0.717, 1.165) is 10.9 Å². The van der Waals surface area contributed by atoms with Gasteiger partial charge in [-0.15, -0.1) is 0 Å². The Hall–Kier alpha value is -3.30. The summed E-state index contributed by atoms with van der Waals surface area (Å²) < 4.78 is 27.4. The lowest BCUT2D eigenvalue weighted by atomic mass is 10.2. The van der Waals surface area contributed by atoms with Gasteiger partial charge in [0, 0.05) is 25.9 Å². The molecule has 2 aromatic heterocycles. The standard InChI is InChI=1S/C17H17F2N5O3/c1-22(10-13-20-7-9-23(13)17(18)19)14(25)6-8-24-16(27)12-5-3-2-4-11(12)15(26)21-24/h2-5,7,9,17H,6,8,10H2,1H3,(H,21,26). The van der Waals surface area contributed by atoms with Gasteiger partial charge in [-0.05, 0) is 12.1 Å². The van der Waals surface area contributed by atoms with Gasteiger partial charge in [0.05, 0.1) is 23.9 Å². The number of benzene rings is 1. The number of carbonyl (C=O) groups excluding carboxylic acids is 1. The zero-order valence-electron chi connectivity index (χ0n) is 14.4. The van der Waals surface area contributed by atoms with Crippen LogP contribution in [0.15, 0.2) is 46.2 Å². The minimum atomic E-state index is -2.74. The molecule has 0 saturated carbocycles. The molecule has 10 heteroatoms. The lowest BCUT2D eigenvalue weighted by molar-refractivity contribution is -0.130. The highest BCUT2D eigenvalue weighted by Gasteiger charge is 2.16. The van der Waals surface area contributed by atoms with Gasteiger partial charge in [0.15, 0.2) is 0 Å². The van der Waals surface area contributed by atoms with Crippen LogP contribution in [0.25, 0.3) is 10.8 Å². The maximum atomic E-state index is 12.8. The van der Waals surface area contributed by atoms with Crippen molar-refractivity contribution >= 4 is 16.7 Å². The summed E-state index contributed by atoms with van der Waals surface area (Å²) in [5, 5.41) is 2.99. The van der Waals surface area contributed by atoms with Crippen molar-refractivity contribution in [2.45, 2.75) is 26.1 Å². The maximum Gasteiger partial charge on any atom is 0.319 e. The van der Waals surface area contributed by atoms with E-state index in [9.17, 15) is 23.2 Å². The van der Waals surface area contributed by atoms with Crippen LogP contribution in [-0.4, -0.2) is 37.2 Å². The third kappa shape index (κ3) is 3.78. The first-order valence-electron chi connectivity index (χ1n) is 8.14. The first kappa shape index (κ1) is 18.5. The van der Waals surface area contributed by atoms with Crippen LogP contribution in [-0.2, 0) is 17.9 Å². The summed E-state index contributed by atoms with van der Waals surface area (Å²) in [5.41, 5.74) is -0.834. The fraction of sp³-hybridized carbons (Fsp3) is 0.294. The highest BCUT2D eigenvalue weighted by molar-refractivity contribution is 5.80. The fourth-order valence-electron chi connectivity index (χ4n) is 2.75. The highest BCUT2D eigenvalue weighted by Crippen LogP contribution is 2.13. The number of hydrogen-bond donors (Lipinski definition) is 1. The van der Waals surface area contributed by atoms with Crippen molar-refractivity contribution in [3.8, 4) is 0 Å². The number of fused-ring (bicyclic) bond motifs is 1. The monoisotopic (exact) mass is 377 g/mol. The summed E-state index contributed by atoms with van der Waals surface area (Å²) in [6.45, 7) is -2.88. The average molecular weight is 377 g/mol. The molecule has 1 aromatic carbocycles. The molecule has 0 aliphatic heterocycles. The van der Waals surface area contributed by atoms with Crippen LogP contribution in [0, 0.1) is 0 Å². The number of aryl methyl sites for hydroxylation is 1. The van der Waals surface area contributed by atoms with E-state index >= 15 is 0 Å². The second-order valence-corrected chi connectivity index (χ2v) is 5.97. The first-order chi connectivity index (χ1) is 12.9. The van der Waals surface area contributed by atoms with Crippen molar-refractivity contribution < 1.29 is 13.6 Å². The van der Waals surface area contributed by atoms with Crippen molar-refractivity contribution in [2.24, 2.45) is 0 Å². The largest absolute Gasteiger partial charge is 0.338 e. The summed E-state index contributed by atoms with van der Waals surface area (Å²) in [6, 6.07) is 6.40. The van der Waals surface area contributed by atoms with Crippen LogP contribution in [0.5, 0.6) is 0 Å². The first-order valence-corrected chi connectivity index (χ1v) is 8.14. The van der Waals surface area contributed by atoms with Gasteiger partial charge < -0.3 is 4.90 Å². The van der Waals surface area contributed by atoms with E-state index in [1.807, 2.05) is 0 Å². The van der Waals surface area contributed by atoms with Gasteiger partial charge in [0.25, 0.3) is 11.1 Å². The van der Waals surface area contributed by atoms with E-state index in [-0.39, 0.29) is 42.0 Å². The molecule has 0 bridgehead atoms. The third-order valence-corrected chi connectivity index (χ3v) is 4.20. The summed E-state index contributed by atoms with van der Waals surface area (Å²) in [5.74, 6) is -0.322. The zero-order chi connectivity index (χ0) is 19.6. The molecule has 0 aliphatic carbocycles. The van der Waals surface area contributed by atoms with E-state index in [1.165, 1.54) is 18.1 Å². The van der Waals surface area contributed by atoms with Crippen LogP contribution in [0.4, 0.5) is 8.78 Å². The van der Waals surface area contributed by atoms with Crippen LogP contribution < -0.4 is 11.1 Å². The molecule has 3 rings (SSSR count). The number of nitrogens with one attached hydrogen (secondary N) is 1. The van der Waals surface area contributed by atoms with Crippen molar-refractivity contribution in [1.29, 1.82) is 0 Å². The van der Waals surface area contributed by atoms with Crippen LogP contribution in [0.2, 0.25) is 0 Å². The third-order valence-electron chi connectivity index (χ3n) is 4.20. The van der Waals surface area contributed by atoms with Crippen molar-refractivity contribution in [3.05, 3.63) is 63.2 Å². The van der Waals surface area contributed by atoms with Gasteiger partial charge in [0.1, 0.15) is 5.82 Å². The topological polar surface area (TPSA) is 93.0 Å². The Kier molecular flexibility index (Phi) is 5.15. The molecule has 0 spiro atoms. The minimum Gasteiger partial charge on any atom is -0.338 e. The smallest absolute Gasteiger partial charge is 0.319 e. The number of aromatic nitrogens is 4. The normalized spacial score (nSPS) is 11.3. The number of H-pyrrole nitrogens is 1. The van der Waals surface area contributed by atoms with Gasteiger partial charge in [-0.2, -0.15) is 8.78 Å². The minimum absolute atomic E-state index is 0.0363. The molecular weight excluding hydrogens is 360 g/mol. The number of carbonyl (C=O) groups is 1. The molecular formula is C17H17F2N5O3. The van der Waals surface area contributed by atoms with Gasteiger partial charge in [-0.1, -0.05) is 12.1 Å². The van der Waals surface area contributed by atoms with Crippen LogP contribution in [0.1, 0.15) is 18.8 Å². The Bertz CT molecular complexity index is 1090. The Labute approximate surface area is 151 Å². The van der Waals surface area contributed by atoms with E-state index < -0.39 is 17.7 Å². The Morgan fingerprint density at radius 1 is 1.26 bits per heavy atom. The average Bonchev–Trinajstić information content (AvgIpc) is 3.11. The van der Waals surface area contributed by atoms with Gasteiger partial charge >= 0.3 is 6.55 Å². The van der Waals surface area contributed by atoms with Crippen molar-refractivity contribution in [1.82, 2.24) is 24.2 Å². The molecule has 27 heavy (non-hydrogen) atoms. The molecule has 1 N–H and O–H groups in total. The van der Waals surface area contributed by atoms with E-state index in [4.69, 9.17) is 0 Å². The molecule has 3 aromatic rings. The second-order valence-electron chi connectivity index (χ2n) is 5.97. The van der Waals surface area contributed by atoms with Gasteiger partial charge in [-0.25, -0.2) is 9.67 Å². The molecule has 0 fully saturated rings. The number of aromatic amines is 1. The van der Waals surface area contributed by atoms with Crippen molar-refractivity contribution in [2.75, 3.05) is 7.05 Å². The van der Waals surface area contributed by atoms with E-state index in [1.54, 1.807) is 24.3 Å². The second kappa shape index (κ2) is 7.52. The molecule has 0 unspecified atom stereocenters. The number of imidazole rings is 1. The van der Waals surface area contributed by atoms with Gasteiger partial charge in [0.2, 0.25) is 5.91 Å². The predicted molar refractivity (Wildman–Crippen MR) is 93.4 cm³/mol. The summed E-state index contributed by atoms with van der Waals surface area (Å²) >= 11 is 0. The molecule has 8 nitrogen and oxygen atoms in total. The molecule has 2 heterocycles.